The summed E-state index contributed by atoms with van der Waals surface area (Å²) in [4.78, 5) is 23.6. The summed E-state index contributed by atoms with van der Waals surface area (Å²) < 4.78 is 26.9. The molecule has 0 radical (unpaired) electrons. The Balaban J connectivity index is 2.51. The summed E-state index contributed by atoms with van der Waals surface area (Å²) in [6, 6.07) is 6.50. The monoisotopic (exact) mass is 417 g/mol. The van der Waals surface area contributed by atoms with Crippen LogP contribution in [0.1, 0.15) is 36.7 Å². The number of ether oxygens (including phenoxy) is 1. The molecule has 0 heterocycles. The predicted octanol–water partition coefficient (Wildman–Crippen LogP) is 0.650. The number of hydrazone groups is 1. The standard InChI is InChI=1S/C15H23N5O5S2/c1-15(2,3)25-13(22)18-8-10-4-6-11(7-5-10)12(21)19-9-26-14(20-16)27(17,23)24/h4-7H,8-9,16H2,1-3H3,(H,18,22)(H,19,21)(H2,17,23,24). The summed E-state index contributed by atoms with van der Waals surface area (Å²) in [7, 11) is -4.02. The molecule has 2 amide bonds. The molecular weight excluding hydrogens is 394 g/mol. The number of amides is 2. The molecule has 0 atom stereocenters. The van der Waals surface area contributed by atoms with E-state index in [1.54, 1.807) is 45.0 Å². The van der Waals surface area contributed by atoms with Crippen LogP contribution in [0.4, 0.5) is 4.79 Å². The lowest BCUT2D eigenvalue weighted by molar-refractivity contribution is 0.0523. The van der Waals surface area contributed by atoms with E-state index in [-0.39, 0.29) is 12.4 Å². The Hall–Kier alpha value is -2.31. The van der Waals surface area contributed by atoms with Crippen LogP contribution < -0.4 is 21.6 Å². The summed E-state index contributed by atoms with van der Waals surface area (Å²) >= 11 is 0.689. The van der Waals surface area contributed by atoms with E-state index in [0.29, 0.717) is 17.3 Å². The summed E-state index contributed by atoms with van der Waals surface area (Å²) in [5.74, 6) is 4.45. The van der Waals surface area contributed by atoms with Crippen molar-refractivity contribution in [1.29, 1.82) is 0 Å². The van der Waals surface area contributed by atoms with Gasteiger partial charge in [-0.1, -0.05) is 23.9 Å². The predicted molar refractivity (Wildman–Crippen MR) is 104 cm³/mol. The van der Waals surface area contributed by atoms with Crippen molar-refractivity contribution in [1.82, 2.24) is 10.6 Å². The van der Waals surface area contributed by atoms with Gasteiger partial charge < -0.3 is 21.2 Å². The number of benzene rings is 1. The Bertz CT molecular complexity index is 801. The average Bonchev–Trinajstić information content (AvgIpc) is 2.54. The van der Waals surface area contributed by atoms with E-state index in [4.69, 9.17) is 15.7 Å². The van der Waals surface area contributed by atoms with Crippen LogP contribution >= 0.6 is 11.8 Å². The fraction of sp³-hybridized carbons (Fsp3) is 0.400. The molecule has 10 nitrogen and oxygen atoms in total. The first-order chi connectivity index (χ1) is 12.4. The van der Waals surface area contributed by atoms with Crippen LogP contribution in [0.15, 0.2) is 29.4 Å². The highest BCUT2D eigenvalue weighted by Gasteiger charge is 2.16. The minimum absolute atomic E-state index is 0.0761. The molecule has 150 valence electrons. The fourth-order valence-corrected chi connectivity index (χ4v) is 3.10. The van der Waals surface area contributed by atoms with Crippen LogP contribution in [-0.4, -0.2) is 36.3 Å². The number of primary sulfonamides is 1. The van der Waals surface area contributed by atoms with Crippen molar-refractivity contribution >= 4 is 38.2 Å². The van der Waals surface area contributed by atoms with Gasteiger partial charge >= 0.3 is 6.09 Å². The summed E-state index contributed by atoms with van der Waals surface area (Å²) in [6.07, 6.45) is -0.534. The third kappa shape index (κ3) is 8.75. The van der Waals surface area contributed by atoms with Gasteiger partial charge in [0.2, 0.25) is 4.38 Å². The molecule has 0 aliphatic heterocycles. The second kappa shape index (κ2) is 9.58. The first-order valence-electron chi connectivity index (χ1n) is 7.70. The van der Waals surface area contributed by atoms with E-state index in [0.717, 1.165) is 5.56 Å². The SMILES string of the molecule is CC(C)(C)OC(=O)NCc1ccc(C(=O)NCSC(=NN)S(N)(=O)=O)cc1. The number of nitrogens with two attached hydrogens (primary N) is 2. The smallest absolute Gasteiger partial charge is 0.407 e. The Morgan fingerprint density at radius 2 is 1.78 bits per heavy atom. The van der Waals surface area contributed by atoms with E-state index < -0.39 is 32.0 Å². The maximum atomic E-state index is 12.0. The largest absolute Gasteiger partial charge is 0.444 e. The van der Waals surface area contributed by atoms with Crippen molar-refractivity contribution in [3.63, 3.8) is 0 Å². The van der Waals surface area contributed by atoms with Gasteiger partial charge in [-0.15, -0.1) is 0 Å². The van der Waals surface area contributed by atoms with E-state index in [2.05, 4.69) is 15.7 Å². The highest BCUT2D eigenvalue weighted by molar-refractivity contribution is 8.34. The third-order valence-electron chi connectivity index (χ3n) is 2.83. The van der Waals surface area contributed by atoms with E-state index >= 15 is 0 Å². The van der Waals surface area contributed by atoms with E-state index in [9.17, 15) is 18.0 Å². The number of nitrogens with one attached hydrogen (secondary N) is 2. The molecule has 1 aromatic carbocycles. The van der Waals surface area contributed by atoms with Gasteiger partial charge in [0.05, 0.1) is 5.88 Å². The van der Waals surface area contributed by atoms with Gasteiger partial charge in [0.1, 0.15) is 5.60 Å². The van der Waals surface area contributed by atoms with Gasteiger partial charge in [-0.05, 0) is 38.5 Å². The number of hydrogen-bond acceptors (Lipinski definition) is 8. The van der Waals surface area contributed by atoms with E-state index in [1.807, 2.05) is 0 Å². The Morgan fingerprint density at radius 1 is 1.19 bits per heavy atom. The van der Waals surface area contributed by atoms with Crippen molar-refractivity contribution in [2.24, 2.45) is 16.1 Å². The Kier molecular flexibility index (Phi) is 8.06. The zero-order chi connectivity index (χ0) is 20.7. The quantitative estimate of drug-likeness (QED) is 0.179. The highest BCUT2D eigenvalue weighted by atomic mass is 32.3. The van der Waals surface area contributed by atoms with Gasteiger partial charge in [-0.25, -0.2) is 18.4 Å². The molecule has 0 saturated carbocycles. The summed E-state index contributed by atoms with van der Waals surface area (Å²) in [6.45, 7) is 5.55. The topological polar surface area (TPSA) is 166 Å². The van der Waals surface area contributed by atoms with Crippen LogP contribution in [0, 0.1) is 0 Å². The van der Waals surface area contributed by atoms with Crippen LogP contribution in [0.3, 0.4) is 0 Å². The normalized spacial score (nSPS) is 12.4. The Morgan fingerprint density at radius 3 is 2.26 bits per heavy atom. The molecule has 1 aromatic rings. The van der Waals surface area contributed by atoms with Crippen molar-refractivity contribution < 1.29 is 22.7 Å². The van der Waals surface area contributed by atoms with Crippen molar-refractivity contribution in [2.45, 2.75) is 32.9 Å². The lowest BCUT2D eigenvalue weighted by Gasteiger charge is -2.19. The third-order valence-corrected chi connectivity index (χ3v) is 5.11. The average molecular weight is 418 g/mol. The zero-order valence-corrected chi connectivity index (χ0v) is 16.8. The molecule has 6 N–H and O–H groups in total. The number of nitrogens with zero attached hydrogens (tertiary/aromatic N) is 1. The molecule has 0 fully saturated rings. The summed E-state index contributed by atoms with van der Waals surface area (Å²) in [5.41, 5.74) is 0.555. The molecule has 27 heavy (non-hydrogen) atoms. The van der Waals surface area contributed by atoms with Crippen LogP contribution in [0.25, 0.3) is 0 Å². The minimum atomic E-state index is -4.02. The first-order valence-corrected chi connectivity index (χ1v) is 10.2. The number of hydrogen-bond donors (Lipinski definition) is 4. The lowest BCUT2D eigenvalue weighted by atomic mass is 10.1. The number of thioether (sulfide) groups is 1. The van der Waals surface area contributed by atoms with Crippen molar-refractivity contribution in [3.8, 4) is 0 Å². The molecule has 0 aliphatic rings. The first kappa shape index (κ1) is 22.7. The van der Waals surface area contributed by atoms with Gasteiger partial charge in [-0.3, -0.25) is 4.79 Å². The number of sulfonamides is 1. The zero-order valence-electron chi connectivity index (χ0n) is 15.2. The van der Waals surface area contributed by atoms with Gasteiger partial charge in [0.25, 0.3) is 15.9 Å². The molecular formula is C15H23N5O5S2. The molecule has 1 rings (SSSR count). The minimum Gasteiger partial charge on any atom is -0.444 e. The number of carbonyl (C=O) groups is 2. The van der Waals surface area contributed by atoms with Crippen LogP contribution in [-0.2, 0) is 21.3 Å². The number of rotatable bonds is 5. The summed E-state index contributed by atoms with van der Waals surface area (Å²) in [5, 5.41) is 13.1. The van der Waals surface area contributed by atoms with Gasteiger partial charge in [-0.2, -0.15) is 5.10 Å². The molecule has 0 bridgehead atoms. The molecule has 0 saturated heterocycles. The molecule has 0 spiro atoms. The maximum absolute atomic E-state index is 12.0. The van der Waals surface area contributed by atoms with Crippen molar-refractivity contribution in [2.75, 3.05) is 5.88 Å². The highest BCUT2D eigenvalue weighted by Crippen LogP contribution is 2.09. The molecule has 0 aromatic heterocycles. The van der Waals surface area contributed by atoms with Gasteiger partial charge in [0.15, 0.2) is 0 Å². The maximum Gasteiger partial charge on any atom is 0.407 e. The second-order valence-electron chi connectivity index (χ2n) is 6.29. The van der Waals surface area contributed by atoms with E-state index in [1.165, 1.54) is 0 Å². The lowest BCUT2D eigenvalue weighted by Crippen LogP contribution is -2.32. The second-order valence-corrected chi connectivity index (χ2v) is 8.99. The van der Waals surface area contributed by atoms with Crippen LogP contribution in [0.2, 0.25) is 0 Å². The molecule has 12 heteroatoms. The van der Waals surface area contributed by atoms with Crippen molar-refractivity contribution in [3.05, 3.63) is 35.4 Å². The van der Waals surface area contributed by atoms with Gasteiger partial charge in [0, 0.05) is 12.1 Å². The molecule has 0 unspecified atom stereocenters. The number of alkyl carbamates (subject to hydrolysis) is 1. The fourth-order valence-electron chi connectivity index (χ4n) is 1.72. The Labute approximate surface area is 162 Å². The number of carbonyl (C=O) groups excluding carboxylic acids is 2. The molecule has 0 aliphatic carbocycles. The van der Waals surface area contributed by atoms with Crippen LogP contribution in [0.5, 0.6) is 0 Å².